The molecule has 0 amide bonds. The molecule has 2 atom stereocenters. The lowest BCUT2D eigenvalue weighted by molar-refractivity contribution is 0.163. The molecule has 1 unspecified atom stereocenters. The number of thiol groups is 1. The first-order valence-corrected chi connectivity index (χ1v) is 14.5. The summed E-state index contributed by atoms with van der Waals surface area (Å²) >= 11 is 14.3. The summed E-state index contributed by atoms with van der Waals surface area (Å²) in [5.74, 6) is 1.75. The summed E-state index contributed by atoms with van der Waals surface area (Å²) in [6.07, 6.45) is 5.79. The van der Waals surface area contributed by atoms with Crippen molar-refractivity contribution in [3.63, 3.8) is 0 Å². The lowest BCUT2D eigenvalue weighted by Gasteiger charge is -2.44. The lowest BCUT2D eigenvalue weighted by Crippen LogP contribution is -2.49. The van der Waals surface area contributed by atoms with Gasteiger partial charge in [0, 0.05) is 41.2 Å². The number of nitrogens with two attached hydrogens (primary N) is 2. The summed E-state index contributed by atoms with van der Waals surface area (Å²) in [5, 5.41) is 12.8. The van der Waals surface area contributed by atoms with Gasteiger partial charge in [0.2, 0.25) is 5.95 Å². The van der Waals surface area contributed by atoms with Gasteiger partial charge in [0.1, 0.15) is 5.75 Å². The van der Waals surface area contributed by atoms with Crippen molar-refractivity contribution in [2.75, 3.05) is 36.6 Å². The van der Waals surface area contributed by atoms with Crippen molar-refractivity contribution in [1.29, 1.82) is 0 Å². The minimum absolute atomic E-state index is 0.157. The third-order valence-electron chi connectivity index (χ3n) is 8.22. The second-order valence-electron chi connectivity index (χ2n) is 10.3. The van der Waals surface area contributed by atoms with E-state index in [2.05, 4.69) is 73.0 Å². The van der Waals surface area contributed by atoms with Crippen LogP contribution in [0.4, 0.5) is 17.5 Å². The van der Waals surface area contributed by atoms with Crippen molar-refractivity contribution >= 4 is 57.6 Å². The Balaban J connectivity index is 1.33. The molecule has 3 aromatic rings. The minimum atomic E-state index is 0.157. The zero-order valence-corrected chi connectivity index (χ0v) is 24.8. The van der Waals surface area contributed by atoms with Crippen LogP contribution in [-0.4, -0.2) is 41.4 Å². The molecule has 1 saturated heterocycles. The first kappa shape index (κ1) is 27.3. The van der Waals surface area contributed by atoms with E-state index in [1.165, 1.54) is 24.8 Å². The third kappa shape index (κ3) is 5.15. The first-order chi connectivity index (χ1) is 18.2. The van der Waals surface area contributed by atoms with Crippen LogP contribution in [0.25, 0.3) is 11.1 Å². The van der Waals surface area contributed by atoms with Crippen molar-refractivity contribution in [3.05, 3.63) is 45.5 Å². The van der Waals surface area contributed by atoms with Gasteiger partial charge in [-0.05, 0) is 77.7 Å². The molecule has 38 heavy (non-hydrogen) atoms. The van der Waals surface area contributed by atoms with Gasteiger partial charge in [-0.3, -0.25) is 0 Å². The number of aromatic nitrogens is 3. The van der Waals surface area contributed by atoms with E-state index in [0.29, 0.717) is 38.0 Å². The van der Waals surface area contributed by atoms with Crippen LogP contribution in [0.5, 0.6) is 5.75 Å². The molecule has 8 nitrogen and oxygen atoms in total. The molecule has 2 aliphatic rings. The van der Waals surface area contributed by atoms with E-state index < -0.39 is 0 Å². The third-order valence-corrected chi connectivity index (χ3v) is 9.79. The van der Waals surface area contributed by atoms with Gasteiger partial charge in [-0.25, -0.2) is 0 Å². The van der Waals surface area contributed by atoms with E-state index in [-0.39, 0.29) is 11.5 Å². The predicted octanol–water partition coefficient (Wildman–Crippen LogP) is 5.91. The van der Waals surface area contributed by atoms with Gasteiger partial charge in [-0.1, -0.05) is 30.2 Å². The molecule has 0 bridgehead atoms. The number of piperidine rings is 1. The Hall–Kier alpha value is -2.27. The maximum Gasteiger partial charge on any atom is 0.247 e. The van der Waals surface area contributed by atoms with E-state index in [1.807, 2.05) is 18.2 Å². The summed E-state index contributed by atoms with van der Waals surface area (Å²) in [6, 6.07) is 10.7. The fourth-order valence-corrected chi connectivity index (χ4v) is 6.66. The minimum Gasteiger partial charge on any atom is -0.496 e. The molecule has 11 heteroatoms. The van der Waals surface area contributed by atoms with Gasteiger partial charge < -0.3 is 26.4 Å². The van der Waals surface area contributed by atoms with Gasteiger partial charge in [-0.2, -0.15) is 4.98 Å². The first-order valence-electron chi connectivity index (χ1n) is 12.8. The summed E-state index contributed by atoms with van der Waals surface area (Å²) in [4.78, 5) is 7.26. The molecule has 5 N–H and O–H groups in total. The van der Waals surface area contributed by atoms with Crippen LogP contribution in [0.2, 0.25) is 5.02 Å². The van der Waals surface area contributed by atoms with E-state index in [4.69, 9.17) is 27.8 Å². The number of ether oxygens (including phenoxy) is 1. The quantitative estimate of drug-likeness (QED) is 0.199. The predicted molar refractivity (Wildman–Crippen MR) is 160 cm³/mol. The topological polar surface area (TPSA) is 115 Å². The van der Waals surface area contributed by atoms with Crippen LogP contribution in [0.1, 0.15) is 50.6 Å². The molecular weight excluding hydrogens is 586 g/mol. The second-order valence-corrected chi connectivity index (χ2v) is 11.9. The number of nitrogens with one attached hydrogen (secondary N) is 1. The SMILES string of the molecule is COc1ccc([C@@H](C)NC2CCCC23CCN(c2nnc(Br)c(N)n2)CC3)cc1-c1ccc(N)c(Cl)c1S. The van der Waals surface area contributed by atoms with Crippen LogP contribution >= 0.6 is 40.2 Å². The Morgan fingerprint density at radius 1 is 1.16 bits per heavy atom. The van der Waals surface area contributed by atoms with Crippen molar-refractivity contribution in [1.82, 2.24) is 20.5 Å². The highest BCUT2D eigenvalue weighted by atomic mass is 79.9. The molecule has 0 radical (unpaired) electrons. The second kappa shape index (κ2) is 11.1. The van der Waals surface area contributed by atoms with Crippen molar-refractivity contribution < 1.29 is 4.74 Å². The highest BCUT2D eigenvalue weighted by Crippen LogP contribution is 2.48. The van der Waals surface area contributed by atoms with E-state index in [0.717, 1.165) is 42.8 Å². The molecule has 2 heterocycles. The molecule has 5 rings (SSSR count). The number of hydrogen-bond donors (Lipinski definition) is 4. The van der Waals surface area contributed by atoms with Crippen molar-refractivity contribution in [2.24, 2.45) is 5.41 Å². The number of rotatable bonds is 6. The Bertz CT molecular complexity index is 1340. The molecular formula is C27H33BrClN7OS. The number of benzene rings is 2. The van der Waals surface area contributed by atoms with Crippen LogP contribution in [0.15, 0.2) is 39.8 Å². The molecule has 1 spiro atoms. The molecule has 1 aliphatic carbocycles. The Morgan fingerprint density at radius 2 is 1.92 bits per heavy atom. The van der Waals surface area contributed by atoms with Crippen molar-refractivity contribution in [2.45, 2.75) is 56.0 Å². The fraction of sp³-hybridized carbons (Fsp3) is 0.444. The highest BCUT2D eigenvalue weighted by molar-refractivity contribution is 9.10. The van der Waals surface area contributed by atoms with Crippen molar-refractivity contribution in [3.8, 4) is 16.9 Å². The molecule has 2 aromatic carbocycles. The maximum absolute atomic E-state index is 6.41. The normalized spacial score (nSPS) is 19.6. The Labute approximate surface area is 242 Å². The largest absolute Gasteiger partial charge is 0.496 e. The van der Waals surface area contributed by atoms with Gasteiger partial charge in [0.15, 0.2) is 10.4 Å². The van der Waals surface area contributed by atoms with Crippen LogP contribution in [0, 0.1) is 5.41 Å². The van der Waals surface area contributed by atoms with Gasteiger partial charge in [-0.15, -0.1) is 22.8 Å². The number of anilines is 3. The molecule has 1 aromatic heterocycles. The number of nitrogens with zero attached hydrogens (tertiary/aromatic N) is 4. The average molecular weight is 619 g/mol. The van der Waals surface area contributed by atoms with Gasteiger partial charge in [0.05, 0.1) is 17.8 Å². The number of hydrogen-bond acceptors (Lipinski definition) is 9. The van der Waals surface area contributed by atoms with Crippen LogP contribution in [0.3, 0.4) is 0 Å². The highest BCUT2D eigenvalue weighted by Gasteiger charge is 2.45. The van der Waals surface area contributed by atoms with E-state index in [1.54, 1.807) is 7.11 Å². The smallest absolute Gasteiger partial charge is 0.247 e. The van der Waals surface area contributed by atoms with Crippen LogP contribution in [-0.2, 0) is 0 Å². The fourth-order valence-electron chi connectivity index (χ4n) is 6.00. The summed E-state index contributed by atoms with van der Waals surface area (Å²) in [7, 11) is 1.68. The monoisotopic (exact) mass is 617 g/mol. The summed E-state index contributed by atoms with van der Waals surface area (Å²) < 4.78 is 6.17. The zero-order chi connectivity index (χ0) is 27.0. The van der Waals surface area contributed by atoms with Gasteiger partial charge in [0.25, 0.3) is 0 Å². The van der Waals surface area contributed by atoms with E-state index >= 15 is 0 Å². The number of nitrogen functional groups attached to an aromatic ring is 2. The maximum atomic E-state index is 6.41. The standard InChI is InChI=1S/C27H33BrClN7OS/c1-15(16-5-8-20(37-2)18(14-16)17-6-7-19(30)22(29)23(17)38)32-21-4-3-9-27(21)10-12-36(13-11-27)26-33-25(31)24(28)34-35-26/h5-8,14-15,21,32,38H,3-4,9-13,30H2,1-2H3,(H2,31,33,35)/t15-,21?/m1/s1. The van der Waals surface area contributed by atoms with E-state index in [9.17, 15) is 0 Å². The lowest BCUT2D eigenvalue weighted by atomic mass is 9.73. The molecule has 202 valence electrons. The van der Waals surface area contributed by atoms with Crippen LogP contribution < -0.4 is 26.4 Å². The summed E-state index contributed by atoms with van der Waals surface area (Å²) in [6.45, 7) is 4.02. The molecule has 1 aliphatic heterocycles. The Kier molecular flexibility index (Phi) is 7.96. The summed E-state index contributed by atoms with van der Waals surface area (Å²) in [5.41, 5.74) is 15.7. The molecule has 2 fully saturated rings. The number of methoxy groups -OCH3 is 1. The number of halogens is 2. The molecule has 1 saturated carbocycles. The zero-order valence-electron chi connectivity index (χ0n) is 21.5. The Morgan fingerprint density at radius 3 is 2.63 bits per heavy atom. The average Bonchev–Trinajstić information content (AvgIpc) is 3.30. The van der Waals surface area contributed by atoms with Gasteiger partial charge >= 0.3 is 0 Å².